The van der Waals surface area contributed by atoms with E-state index in [0.717, 1.165) is 34.3 Å². The van der Waals surface area contributed by atoms with Crippen molar-refractivity contribution < 1.29 is 0 Å². The Balaban J connectivity index is 1.52. The molecule has 5 heteroatoms. The number of nitrogens with zero attached hydrogens (tertiary/aromatic N) is 4. The van der Waals surface area contributed by atoms with Gasteiger partial charge >= 0.3 is 0 Å². The topological polar surface area (TPSA) is 60.0 Å². The van der Waals surface area contributed by atoms with E-state index >= 15 is 0 Å². The number of benzene rings is 2. The lowest BCUT2D eigenvalue weighted by Gasteiger charge is -2.17. The van der Waals surface area contributed by atoms with Crippen LogP contribution in [0.3, 0.4) is 0 Å². The first-order valence-corrected chi connectivity index (χ1v) is 10.4. The second-order valence-electron chi connectivity index (χ2n) is 8.48. The molecule has 5 rings (SSSR count). The Kier molecular flexibility index (Phi) is 4.19. The molecule has 1 aliphatic carbocycles. The highest BCUT2D eigenvalue weighted by molar-refractivity contribution is 6.10. The Bertz CT molecular complexity index is 1190. The van der Waals surface area contributed by atoms with Gasteiger partial charge in [-0.25, -0.2) is 4.98 Å². The average Bonchev–Trinajstić information content (AvgIpc) is 3.49. The third-order valence-electron chi connectivity index (χ3n) is 6.04. The van der Waals surface area contributed by atoms with Crippen LogP contribution in [-0.4, -0.2) is 27.6 Å². The quantitative estimate of drug-likeness (QED) is 0.529. The molecule has 1 aliphatic rings. The van der Waals surface area contributed by atoms with Crippen molar-refractivity contribution in [2.75, 3.05) is 17.7 Å². The summed E-state index contributed by atoms with van der Waals surface area (Å²) < 4.78 is 2.27. The molecule has 0 unspecified atom stereocenters. The zero-order chi connectivity index (χ0) is 20.1. The predicted octanol–water partition coefficient (Wildman–Crippen LogP) is 4.94. The molecule has 5 nitrogen and oxygen atoms in total. The summed E-state index contributed by atoms with van der Waals surface area (Å²) in [5, 5.41) is 2.06. The lowest BCUT2D eigenvalue weighted by atomic mass is 10.0. The Hall–Kier alpha value is -3.08. The number of nitrogen functional groups attached to an aromatic ring is 1. The minimum Gasteiger partial charge on any atom is -0.383 e. The minimum absolute atomic E-state index is 0.551. The van der Waals surface area contributed by atoms with Crippen LogP contribution in [0.1, 0.15) is 43.7 Å². The van der Waals surface area contributed by atoms with Gasteiger partial charge in [-0.15, -0.1) is 0 Å². The fourth-order valence-corrected chi connectivity index (χ4v) is 4.05. The summed E-state index contributed by atoms with van der Waals surface area (Å²) in [6, 6.07) is 15.8. The first-order chi connectivity index (χ1) is 14.0. The molecule has 1 fully saturated rings. The molecule has 4 aromatic rings. The van der Waals surface area contributed by atoms with Crippen LogP contribution >= 0.6 is 0 Å². The SMILES string of the molecule is CC(C)c1ccc(Cn2ccc3c4c(N)nc(N(C)C5CC5)nc4ccc32)cc1. The lowest BCUT2D eigenvalue weighted by Crippen LogP contribution is -2.22. The summed E-state index contributed by atoms with van der Waals surface area (Å²) in [4.78, 5) is 11.6. The van der Waals surface area contributed by atoms with E-state index in [0.29, 0.717) is 17.8 Å². The zero-order valence-corrected chi connectivity index (χ0v) is 17.3. The van der Waals surface area contributed by atoms with Crippen LogP contribution in [0.4, 0.5) is 11.8 Å². The summed E-state index contributed by atoms with van der Waals surface area (Å²) in [6.45, 7) is 5.27. The van der Waals surface area contributed by atoms with Gasteiger partial charge in [0.15, 0.2) is 0 Å². The van der Waals surface area contributed by atoms with Crippen LogP contribution < -0.4 is 10.6 Å². The maximum Gasteiger partial charge on any atom is 0.227 e. The maximum atomic E-state index is 6.40. The van der Waals surface area contributed by atoms with Gasteiger partial charge in [0.2, 0.25) is 5.95 Å². The van der Waals surface area contributed by atoms with Gasteiger partial charge in [-0.05, 0) is 48.1 Å². The Labute approximate surface area is 171 Å². The van der Waals surface area contributed by atoms with Gasteiger partial charge < -0.3 is 15.2 Å². The molecular formula is C24H27N5. The first kappa shape index (κ1) is 18.0. The highest BCUT2D eigenvalue weighted by Gasteiger charge is 2.28. The molecule has 2 aromatic heterocycles. The summed E-state index contributed by atoms with van der Waals surface area (Å²) in [5.41, 5.74) is 11.1. The second kappa shape index (κ2) is 6.76. The lowest BCUT2D eigenvalue weighted by molar-refractivity contribution is 0.829. The van der Waals surface area contributed by atoms with E-state index in [2.05, 4.69) is 84.0 Å². The third-order valence-corrected chi connectivity index (χ3v) is 6.04. The highest BCUT2D eigenvalue weighted by atomic mass is 15.3. The number of hydrogen-bond acceptors (Lipinski definition) is 4. The van der Waals surface area contributed by atoms with Crippen LogP contribution in [0.15, 0.2) is 48.7 Å². The number of aromatic nitrogens is 3. The largest absolute Gasteiger partial charge is 0.383 e. The molecule has 148 valence electrons. The third kappa shape index (κ3) is 3.20. The van der Waals surface area contributed by atoms with Gasteiger partial charge in [0.25, 0.3) is 0 Å². The van der Waals surface area contributed by atoms with Crippen molar-refractivity contribution >= 4 is 33.6 Å². The van der Waals surface area contributed by atoms with Gasteiger partial charge in [-0.2, -0.15) is 4.98 Å². The van der Waals surface area contributed by atoms with Crippen molar-refractivity contribution in [3.05, 3.63) is 59.8 Å². The maximum absolute atomic E-state index is 6.40. The van der Waals surface area contributed by atoms with E-state index in [4.69, 9.17) is 10.7 Å². The predicted molar refractivity (Wildman–Crippen MR) is 121 cm³/mol. The van der Waals surface area contributed by atoms with Gasteiger partial charge in [0.1, 0.15) is 5.82 Å². The van der Waals surface area contributed by atoms with E-state index in [9.17, 15) is 0 Å². The number of fused-ring (bicyclic) bond motifs is 3. The van der Waals surface area contributed by atoms with E-state index in [1.54, 1.807) is 0 Å². The number of rotatable bonds is 5. The van der Waals surface area contributed by atoms with Gasteiger partial charge in [-0.1, -0.05) is 38.1 Å². The van der Waals surface area contributed by atoms with E-state index in [1.807, 2.05) is 0 Å². The van der Waals surface area contributed by atoms with Crippen molar-refractivity contribution in [2.24, 2.45) is 0 Å². The molecule has 0 spiro atoms. The summed E-state index contributed by atoms with van der Waals surface area (Å²) in [5.74, 6) is 1.83. The Morgan fingerprint density at radius 1 is 1.07 bits per heavy atom. The standard InChI is InChI=1S/C24H27N5/c1-15(2)17-6-4-16(5-7-17)14-29-13-12-19-21(29)11-10-20-22(19)23(25)27-24(26-20)28(3)18-8-9-18/h4-7,10-13,15,18H,8-9,14H2,1-3H3,(H2,25,26,27). The van der Waals surface area contributed by atoms with Gasteiger partial charge in [-0.3, -0.25) is 0 Å². The molecule has 0 aliphatic heterocycles. The first-order valence-electron chi connectivity index (χ1n) is 10.4. The monoisotopic (exact) mass is 385 g/mol. The molecule has 2 aromatic carbocycles. The minimum atomic E-state index is 0.551. The van der Waals surface area contributed by atoms with Crippen LogP contribution in [0, 0.1) is 0 Å². The number of hydrogen-bond donors (Lipinski definition) is 1. The van der Waals surface area contributed by atoms with Crippen molar-refractivity contribution in [2.45, 2.75) is 45.2 Å². The summed E-state index contributed by atoms with van der Waals surface area (Å²) in [7, 11) is 2.05. The van der Waals surface area contributed by atoms with Crippen molar-refractivity contribution in [1.29, 1.82) is 0 Å². The number of anilines is 2. The van der Waals surface area contributed by atoms with Crippen molar-refractivity contribution in [1.82, 2.24) is 14.5 Å². The van der Waals surface area contributed by atoms with Crippen LogP contribution in [-0.2, 0) is 6.54 Å². The Morgan fingerprint density at radius 3 is 2.52 bits per heavy atom. The van der Waals surface area contributed by atoms with Crippen molar-refractivity contribution in [3.63, 3.8) is 0 Å². The molecule has 0 bridgehead atoms. The molecule has 0 radical (unpaired) electrons. The molecule has 0 atom stereocenters. The normalized spacial score (nSPS) is 14.2. The molecular weight excluding hydrogens is 358 g/mol. The second-order valence-corrected chi connectivity index (χ2v) is 8.48. The molecule has 29 heavy (non-hydrogen) atoms. The zero-order valence-electron chi connectivity index (χ0n) is 17.3. The fourth-order valence-electron chi connectivity index (χ4n) is 4.05. The Morgan fingerprint density at radius 2 is 1.83 bits per heavy atom. The molecule has 1 saturated carbocycles. The number of nitrogens with two attached hydrogens (primary N) is 1. The van der Waals surface area contributed by atoms with Crippen LogP contribution in [0.25, 0.3) is 21.8 Å². The van der Waals surface area contributed by atoms with E-state index < -0.39 is 0 Å². The molecule has 0 amide bonds. The molecule has 2 N–H and O–H groups in total. The molecule has 0 saturated heterocycles. The van der Waals surface area contributed by atoms with E-state index in [1.165, 1.54) is 24.0 Å². The van der Waals surface area contributed by atoms with Crippen LogP contribution in [0.2, 0.25) is 0 Å². The van der Waals surface area contributed by atoms with Crippen LogP contribution in [0.5, 0.6) is 0 Å². The highest BCUT2D eigenvalue weighted by Crippen LogP contribution is 2.33. The van der Waals surface area contributed by atoms with Gasteiger partial charge in [0, 0.05) is 36.7 Å². The smallest absolute Gasteiger partial charge is 0.227 e. The van der Waals surface area contributed by atoms with Crippen molar-refractivity contribution in [3.8, 4) is 0 Å². The van der Waals surface area contributed by atoms with E-state index in [-0.39, 0.29) is 0 Å². The molecule has 2 heterocycles. The fraction of sp³-hybridized carbons (Fsp3) is 0.333. The summed E-state index contributed by atoms with van der Waals surface area (Å²) >= 11 is 0. The van der Waals surface area contributed by atoms with Gasteiger partial charge in [0.05, 0.1) is 10.9 Å². The average molecular weight is 386 g/mol. The summed E-state index contributed by atoms with van der Waals surface area (Å²) in [6.07, 6.45) is 4.54.